The number of ether oxygens (including phenoxy) is 1. The second kappa shape index (κ2) is 4.49. The molecule has 5 nitrogen and oxygen atoms in total. The standard InChI is InChI=1S/C11H14N2O3/c1-8-7-16-5-4-13(8)9-2-3-12-10(6-9)11(14)15/h2-3,6,8H,4-5,7H2,1H3,(H,14,15). The molecule has 1 saturated heterocycles. The fourth-order valence-electron chi connectivity index (χ4n) is 1.83. The van der Waals surface area contributed by atoms with E-state index in [0.29, 0.717) is 13.2 Å². The van der Waals surface area contributed by atoms with Crippen molar-refractivity contribution < 1.29 is 14.6 Å². The highest BCUT2D eigenvalue weighted by atomic mass is 16.5. The molecule has 1 aliphatic rings. The van der Waals surface area contributed by atoms with Crippen LogP contribution < -0.4 is 4.90 Å². The minimum atomic E-state index is -0.997. The molecule has 86 valence electrons. The van der Waals surface area contributed by atoms with Gasteiger partial charge in [0.25, 0.3) is 0 Å². The normalized spacial score (nSPS) is 20.8. The lowest BCUT2D eigenvalue weighted by Gasteiger charge is -2.35. The zero-order valence-electron chi connectivity index (χ0n) is 9.09. The van der Waals surface area contributed by atoms with Crippen molar-refractivity contribution in [3.05, 3.63) is 24.0 Å². The SMILES string of the molecule is CC1COCCN1c1ccnc(C(=O)O)c1. The monoisotopic (exact) mass is 222 g/mol. The largest absolute Gasteiger partial charge is 0.477 e. The van der Waals surface area contributed by atoms with Gasteiger partial charge in [0.15, 0.2) is 0 Å². The summed E-state index contributed by atoms with van der Waals surface area (Å²) in [5.74, 6) is -0.997. The Labute approximate surface area is 93.7 Å². The maximum atomic E-state index is 10.8. The molecule has 0 amide bonds. The fraction of sp³-hybridized carbons (Fsp3) is 0.455. The number of aromatic carboxylic acids is 1. The van der Waals surface area contributed by atoms with E-state index in [4.69, 9.17) is 9.84 Å². The third kappa shape index (κ3) is 2.14. The summed E-state index contributed by atoms with van der Waals surface area (Å²) in [5.41, 5.74) is 0.972. The van der Waals surface area contributed by atoms with E-state index < -0.39 is 5.97 Å². The molecule has 0 bridgehead atoms. The van der Waals surface area contributed by atoms with Gasteiger partial charge in [-0.3, -0.25) is 0 Å². The Morgan fingerprint density at radius 1 is 1.69 bits per heavy atom. The second-order valence-electron chi connectivity index (χ2n) is 3.82. The van der Waals surface area contributed by atoms with Crippen LogP contribution in [0.25, 0.3) is 0 Å². The summed E-state index contributed by atoms with van der Waals surface area (Å²) >= 11 is 0. The lowest BCUT2D eigenvalue weighted by Crippen LogP contribution is -2.43. The molecule has 0 radical (unpaired) electrons. The Morgan fingerprint density at radius 3 is 3.19 bits per heavy atom. The number of hydrogen-bond donors (Lipinski definition) is 1. The lowest BCUT2D eigenvalue weighted by molar-refractivity contribution is 0.0690. The highest BCUT2D eigenvalue weighted by Gasteiger charge is 2.20. The molecule has 1 N–H and O–H groups in total. The van der Waals surface area contributed by atoms with Gasteiger partial charge < -0.3 is 14.7 Å². The van der Waals surface area contributed by atoms with Crippen molar-refractivity contribution in [2.24, 2.45) is 0 Å². The van der Waals surface area contributed by atoms with Crippen molar-refractivity contribution >= 4 is 11.7 Å². The Morgan fingerprint density at radius 2 is 2.50 bits per heavy atom. The van der Waals surface area contributed by atoms with Gasteiger partial charge in [-0.15, -0.1) is 0 Å². The van der Waals surface area contributed by atoms with Crippen LogP contribution in [0.5, 0.6) is 0 Å². The number of carboxylic acid groups (broad SMARTS) is 1. The van der Waals surface area contributed by atoms with E-state index in [9.17, 15) is 4.79 Å². The molecule has 1 fully saturated rings. The first-order valence-corrected chi connectivity index (χ1v) is 5.22. The van der Waals surface area contributed by atoms with E-state index in [-0.39, 0.29) is 11.7 Å². The number of nitrogens with zero attached hydrogens (tertiary/aromatic N) is 2. The van der Waals surface area contributed by atoms with E-state index in [1.54, 1.807) is 6.07 Å². The Bertz CT molecular complexity index is 395. The summed E-state index contributed by atoms with van der Waals surface area (Å²) in [6, 6.07) is 3.69. The summed E-state index contributed by atoms with van der Waals surface area (Å²) in [7, 11) is 0. The number of anilines is 1. The third-order valence-electron chi connectivity index (χ3n) is 2.66. The van der Waals surface area contributed by atoms with Crippen LogP contribution in [0.1, 0.15) is 17.4 Å². The molecule has 1 unspecified atom stereocenters. The molecular weight excluding hydrogens is 208 g/mol. The quantitative estimate of drug-likeness (QED) is 0.809. The highest BCUT2D eigenvalue weighted by Crippen LogP contribution is 2.19. The molecule has 1 atom stereocenters. The van der Waals surface area contributed by atoms with Gasteiger partial charge in [-0.1, -0.05) is 0 Å². The molecule has 0 aliphatic carbocycles. The van der Waals surface area contributed by atoms with Crippen LogP contribution in [-0.4, -0.2) is 41.9 Å². The van der Waals surface area contributed by atoms with Gasteiger partial charge in [-0.25, -0.2) is 9.78 Å². The van der Waals surface area contributed by atoms with Crippen LogP contribution in [-0.2, 0) is 4.74 Å². The van der Waals surface area contributed by atoms with Crippen LogP contribution >= 0.6 is 0 Å². The van der Waals surface area contributed by atoms with Gasteiger partial charge in [0, 0.05) is 24.5 Å². The zero-order chi connectivity index (χ0) is 11.5. The molecule has 1 aromatic heterocycles. The number of carboxylic acids is 1. The van der Waals surface area contributed by atoms with Crippen molar-refractivity contribution in [1.29, 1.82) is 0 Å². The predicted octanol–water partition coefficient (Wildman–Crippen LogP) is 1.00. The van der Waals surface area contributed by atoms with Crippen LogP contribution in [0.15, 0.2) is 18.3 Å². The Hall–Kier alpha value is -1.62. The summed E-state index contributed by atoms with van der Waals surface area (Å²) in [4.78, 5) is 16.7. The lowest BCUT2D eigenvalue weighted by atomic mass is 10.2. The van der Waals surface area contributed by atoms with E-state index in [1.165, 1.54) is 6.20 Å². The Balaban J connectivity index is 2.25. The minimum absolute atomic E-state index is 0.0798. The van der Waals surface area contributed by atoms with Gasteiger partial charge in [-0.2, -0.15) is 0 Å². The summed E-state index contributed by atoms with van der Waals surface area (Å²) < 4.78 is 5.34. The average Bonchev–Trinajstić information content (AvgIpc) is 2.30. The molecule has 0 aromatic carbocycles. The molecule has 2 rings (SSSR count). The van der Waals surface area contributed by atoms with E-state index in [2.05, 4.69) is 16.8 Å². The number of aromatic nitrogens is 1. The first-order valence-electron chi connectivity index (χ1n) is 5.22. The first kappa shape index (κ1) is 10.9. The van der Waals surface area contributed by atoms with Crippen LogP contribution in [0, 0.1) is 0 Å². The van der Waals surface area contributed by atoms with Crippen molar-refractivity contribution in [1.82, 2.24) is 4.98 Å². The topological polar surface area (TPSA) is 62.7 Å². The molecule has 0 saturated carbocycles. The minimum Gasteiger partial charge on any atom is -0.477 e. The third-order valence-corrected chi connectivity index (χ3v) is 2.66. The average molecular weight is 222 g/mol. The smallest absolute Gasteiger partial charge is 0.354 e. The molecular formula is C11H14N2O3. The van der Waals surface area contributed by atoms with Crippen molar-refractivity contribution in [2.45, 2.75) is 13.0 Å². The number of carbonyl (C=O) groups is 1. The molecule has 1 aromatic rings. The molecule has 5 heteroatoms. The predicted molar refractivity (Wildman–Crippen MR) is 58.8 cm³/mol. The zero-order valence-corrected chi connectivity index (χ0v) is 9.09. The fourth-order valence-corrected chi connectivity index (χ4v) is 1.83. The molecule has 1 aliphatic heterocycles. The Kier molecular flexibility index (Phi) is 3.05. The summed E-state index contributed by atoms with van der Waals surface area (Å²) in [6.45, 7) is 4.18. The van der Waals surface area contributed by atoms with E-state index >= 15 is 0 Å². The molecule has 0 spiro atoms. The molecule has 2 heterocycles. The van der Waals surface area contributed by atoms with Crippen molar-refractivity contribution in [3.8, 4) is 0 Å². The molecule has 16 heavy (non-hydrogen) atoms. The van der Waals surface area contributed by atoms with E-state index in [1.807, 2.05) is 6.07 Å². The highest BCUT2D eigenvalue weighted by molar-refractivity contribution is 5.86. The van der Waals surface area contributed by atoms with Crippen LogP contribution in [0.3, 0.4) is 0 Å². The maximum Gasteiger partial charge on any atom is 0.354 e. The number of morpholine rings is 1. The second-order valence-corrected chi connectivity index (χ2v) is 3.82. The summed E-state index contributed by atoms with van der Waals surface area (Å²) in [6.07, 6.45) is 1.53. The first-order chi connectivity index (χ1) is 7.68. The van der Waals surface area contributed by atoms with Crippen molar-refractivity contribution in [3.63, 3.8) is 0 Å². The number of hydrogen-bond acceptors (Lipinski definition) is 4. The van der Waals surface area contributed by atoms with E-state index in [0.717, 1.165) is 12.2 Å². The number of rotatable bonds is 2. The van der Waals surface area contributed by atoms with Gasteiger partial charge in [-0.05, 0) is 19.1 Å². The van der Waals surface area contributed by atoms with Gasteiger partial charge in [0.2, 0.25) is 0 Å². The number of pyridine rings is 1. The van der Waals surface area contributed by atoms with Crippen LogP contribution in [0.2, 0.25) is 0 Å². The van der Waals surface area contributed by atoms with Crippen LogP contribution in [0.4, 0.5) is 5.69 Å². The van der Waals surface area contributed by atoms with Gasteiger partial charge >= 0.3 is 5.97 Å². The summed E-state index contributed by atoms with van der Waals surface area (Å²) in [5, 5.41) is 8.87. The van der Waals surface area contributed by atoms with Gasteiger partial charge in [0.05, 0.1) is 13.2 Å². The van der Waals surface area contributed by atoms with Crippen molar-refractivity contribution in [2.75, 3.05) is 24.7 Å². The van der Waals surface area contributed by atoms with Gasteiger partial charge in [0.1, 0.15) is 5.69 Å². The maximum absolute atomic E-state index is 10.8.